The van der Waals surface area contributed by atoms with Crippen molar-refractivity contribution >= 4 is 5.91 Å². The van der Waals surface area contributed by atoms with E-state index in [0.29, 0.717) is 13.2 Å². The number of hydrogen-bond acceptors (Lipinski definition) is 4. The monoisotopic (exact) mass is 235 g/mol. The molecule has 1 saturated heterocycles. The normalized spacial score (nSPS) is 19.8. The largest absolute Gasteiger partial charge is 0.360 e. The summed E-state index contributed by atoms with van der Waals surface area (Å²) in [6.07, 6.45) is -0.624. The number of halogens is 1. The molecule has 88 valence electrons. The molecule has 0 N–H and O–H groups in total. The standard InChI is InChI=1S/C11H10FN3O2/c12-10-3-1-2-9(14-10)11(16)15-4-5-17-8(6-13)7-15/h1-3,8H,4-5,7H2. The van der Waals surface area contributed by atoms with Gasteiger partial charge < -0.3 is 9.64 Å². The summed E-state index contributed by atoms with van der Waals surface area (Å²) < 4.78 is 18.0. The minimum atomic E-state index is -0.694. The van der Waals surface area contributed by atoms with Crippen molar-refractivity contribution < 1.29 is 13.9 Å². The first-order valence-electron chi connectivity index (χ1n) is 5.14. The first-order valence-corrected chi connectivity index (χ1v) is 5.14. The van der Waals surface area contributed by atoms with Crippen LogP contribution in [0.5, 0.6) is 0 Å². The van der Waals surface area contributed by atoms with Crippen molar-refractivity contribution in [1.29, 1.82) is 5.26 Å². The molecule has 1 aliphatic heterocycles. The molecule has 0 radical (unpaired) electrons. The lowest BCUT2D eigenvalue weighted by molar-refractivity contribution is 0.00315. The fraction of sp³-hybridized carbons (Fsp3) is 0.364. The van der Waals surface area contributed by atoms with Gasteiger partial charge in [0.05, 0.1) is 19.2 Å². The maximum Gasteiger partial charge on any atom is 0.272 e. The van der Waals surface area contributed by atoms with Gasteiger partial charge in [-0.05, 0) is 12.1 Å². The minimum absolute atomic E-state index is 0.0450. The van der Waals surface area contributed by atoms with E-state index in [1.165, 1.54) is 23.1 Å². The molecule has 2 heterocycles. The van der Waals surface area contributed by atoms with Crippen molar-refractivity contribution in [3.05, 3.63) is 29.8 Å². The maximum absolute atomic E-state index is 12.9. The van der Waals surface area contributed by atoms with Crippen LogP contribution >= 0.6 is 0 Å². The first kappa shape index (κ1) is 11.5. The Morgan fingerprint density at radius 3 is 3.18 bits per heavy atom. The number of pyridine rings is 1. The Balaban J connectivity index is 2.12. The zero-order chi connectivity index (χ0) is 12.3. The third-order valence-corrected chi connectivity index (χ3v) is 2.43. The first-order chi connectivity index (χ1) is 8.20. The highest BCUT2D eigenvalue weighted by atomic mass is 19.1. The van der Waals surface area contributed by atoms with Gasteiger partial charge >= 0.3 is 0 Å². The van der Waals surface area contributed by atoms with E-state index in [4.69, 9.17) is 10.00 Å². The van der Waals surface area contributed by atoms with Gasteiger partial charge in [0, 0.05) is 6.54 Å². The van der Waals surface area contributed by atoms with Crippen LogP contribution in [0.3, 0.4) is 0 Å². The number of carbonyl (C=O) groups is 1. The number of ether oxygens (including phenoxy) is 1. The molecule has 0 aliphatic carbocycles. The number of rotatable bonds is 1. The second-order valence-corrected chi connectivity index (χ2v) is 3.59. The number of carbonyl (C=O) groups excluding carboxylic acids is 1. The van der Waals surface area contributed by atoms with Crippen LogP contribution in [0.4, 0.5) is 4.39 Å². The molecule has 0 spiro atoms. The summed E-state index contributed by atoms with van der Waals surface area (Å²) in [5.41, 5.74) is 0.0450. The third-order valence-electron chi connectivity index (χ3n) is 2.43. The molecule has 1 aromatic rings. The predicted octanol–water partition coefficient (Wildman–Crippen LogP) is 0.585. The molecule has 0 bridgehead atoms. The van der Waals surface area contributed by atoms with E-state index < -0.39 is 12.1 Å². The van der Waals surface area contributed by atoms with Crippen LogP contribution in [0, 0.1) is 17.3 Å². The Bertz CT molecular complexity index is 472. The van der Waals surface area contributed by atoms with Crippen molar-refractivity contribution in [3.63, 3.8) is 0 Å². The van der Waals surface area contributed by atoms with Crippen LogP contribution in [0.1, 0.15) is 10.5 Å². The SMILES string of the molecule is N#CC1CN(C(=O)c2cccc(F)n2)CCO1. The summed E-state index contributed by atoms with van der Waals surface area (Å²) in [6, 6.07) is 5.99. The van der Waals surface area contributed by atoms with Crippen LogP contribution in [0.25, 0.3) is 0 Å². The number of amides is 1. The molecule has 2 rings (SSSR count). The molecular formula is C11H10FN3O2. The van der Waals surface area contributed by atoms with Gasteiger partial charge in [-0.1, -0.05) is 6.07 Å². The predicted molar refractivity (Wildman–Crippen MR) is 55.5 cm³/mol. The average molecular weight is 235 g/mol. The summed E-state index contributed by atoms with van der Waals surface area (Å²) in [7, 11) is 0. The van der Waals surface area contributed by atoms with Gasteiger partial charge in [-0.25, -0.2) is 4.98 Å². The van der Waals surface area contributed by atoms with E-state index in [1.807, 2.05) is 6.07 Å². The number of morpholine rings is 1. The lowest BCUT2D eigenvalue weighted by Gasteiger charge is -2.29. The van der Waals surface area contributed by atoms with Crippen molar-refractivity contribution in [1.82, 2.24) is 9.88 Å². The number of nitriles is 1. The van der Waals surface area contributed by atoms with Gasteiger partial charge in [0.1, 0.15) is 5.69 Å². The van der Waals surface area contributed by atoms with E-state index in [1.54, 1.807) is 0 Å². The second kappa shape index (κ2) is 4.89. The summed E-state index contributed by atoms with van der Waals surface area (Å²) in [4.78, 5) is 16.9. The van der Waals surface area contributed by atoms with E-state index in [0.717, 1.165) is 0 Å². The van der Waals surface area contributed by atoms with E-state index in [-0.39, 0.29) is 18.1 Å². The van der Waals surface area contributed by atoms with Gasteiger partial charge in [0.25, 0.3) is 5.91 Å². The summed E-state index contributed by atoms with van der Waals surface area (Å²) in [5.74, 6) is -1.08. The maximum atomic E-state index is 12.9. The highest BCUT2D eigenvalue weighted by Crippen LogP contribution is 2.09. The second-order valence-electron chi connectivity index (χ2n) is 3.59. The molecule has 0 aromatic carbocycles. The zero-order valence-corrected chi connectivity index (χ0v) is 8.97. The summed E-state index contributed by atoms with van der Waals surface area (Å²) in [5, 5.41) is 8.72. The molecule has 1 unspecified atom stereocenters. The number of nitrogens with zero attached hydrogens (tertiary/aromatic N) is 3. The number of aromatic nitrogens is 1. The molecule has 6 heteroatoms. The molecule has 1 fully saturated rings. The van der Waals surface area contributed by atoms with Crippen molar-refractivity contribution in [2.45, 2.75) is 6.10 Å². The summed E-state index contributed by atoms with van der Waals surface area (Å²) in [6.45, 7) is 0.877. The fourth-order valence-corrected chi connectivity index (χ4v) is 1.60. The molecule has 1 aromatic heterocycles. The molecule has 17 heavy (non-hydrogen) atoms. The Morgan fingerprint density at radius 1 is 1.65 bits per heavy atom. The van der Waals surface area contributed by atoms with E-state index in [9.17, 15) is 9.18 Å². The Morgan fingerprint density at radius 2 is 2.47 bits per heavy atom. The highest BCUT2D eigenvalue weighted by Gasteiger charge is 2.25. The lowest BCUT2D eigenvalue weighted by Crippen LogP contribution is -2.45. The van der Waals surface area contributed by atoms with Crippen LogP contribution < -0.4 is 0 Å². The highest BCUT2D eigenvalue weighted by molar-refractivity contribution is 5.92. The molecule has 1 amide bonds. The van der Waals surface area contributed by atoms with Crippen LogP contribution in [0.2, 0.25) is 0 Å². The number of hydrogen-bond donors (Lipinski definition) is 0. The molecule has 1 aliphatic rings. The summed E-state index contributed by atoms with van der Waals surface area (Å²) >= 11 is 0. The van der Waals surface area contributed by atoms with Crippen molar-refractivity contribution in [2.24, 2.45) is 0 Å². The fourth-order valence-electron chi connectivity index (χ4n) is 1.60. The molecule has 1 atom stereocenters. The molecular weight excluding hydrogens is 225 g/mol. The van der Waals surface area contributed by atoms with Gasteiger partial charge in [-0.3, -0.25) is 4.79 Å². The van der Waals surface area contributed by atoms with Crippen LogP contribution in [0.15, 0.2) is 18.2 Å². The molecule has 5 nitrogen and oxygen atoms in total. The Kier molecular flexibility index (Phi) is 3.30. The average Bonchev–Trinajstić information content (AvgIpc) is 2.38. The topological polar surface area (TPSA) is 66.2 Å². The Labute approximate surface area is 97.4 Å². The minimum Gasteiger partial charge on any atom is -0.360 e. The van der Waals surface area contributed by atoms with Gasteiger partial charge in [-0.15, -0.1) is 0 Å². The van der Waals surface area contributed by atoms with Crippen LogP contribution in [-0.4, -0.2) is 41.6 Å². The molecule has 0 saturated carbocycles. The lowest BCUT2D eigenvalue weighted by atomic mass is 10.2. The third kappa shape index (κ3) is 2.57. The van der Waals surface area contributed by atoms with Gasteiger partial charge in [0.2, 0.25) is 5.95 Å². The van der Waals surface area contributed by atoms with Gasteiger partial charge in [0.15, 0.2) is 6.10 Å². The van der Waals surface area contributed by atoms with Crippen LogP contribution in [-0.2, 0) is 4.74 Å². The van der Waals surface area contributed by atoms with Crippen molar-refractivity contribution in [3.8, 4) is 6.07 Å². The Hall–Kier alpha value is -2.00. The van der Waals surface area contributed by atoms with E-state index in [2.05, 4.69) is 4.98 Å². The quantitative estimate of drug-likeness (QED) is 0.668. The van der Waals surface area contributed by atoms with E-state index >= 15 is 0 Å². The smallest absolute Gasteiger partial charge is 0.272 e. The van der Waals surface area contributed by atoms with Gasteiger partial charge in [-0.2, -0.15) is 9.65 Å². The van der Waals surface area contributed by atoms with Crippen molar-refractivity contribution in [2.75, 3.05) is 19.7 Å². The zero-order valence-electron chi connectivity index (χ0n) is 8.97.